The Balaban J connectivity index is 2.37. The SMILES string of the molecule is N#Cc1ccc(Oc2ccc(CO)cc2F)cc1C(F)(F)F. The first kappa shape index (κ1) is 15.8. The first-order valence-electron chi connectivity index (χ1n) is 6.03. The van der Waals surface area contributed by atoms with Gasteiger partial charge >= 0.3 is 6.18 Å². The van der Waals surface area contributed by atoms with Gasteiger partial charge in [0.2, 0.25) is 0 Å². The van der Waals surface area contributed by atoms with Gasteiger partial charge in [0, 0.05) is 0 Å². The van der Waals surface area contributed by atoms with Crippen molar-refractivity contribution in [2.24, 2.45) is 0 Å². The van der Waals surface area contributed by atoms with E-state index in [4.69, 9.17) is 15.1 Å². The summed E-state index contributed by atoms with van der Waals surface area (Å²) in [7, 11) is 0. The van der Waals surface area contributed by atoms with E-state index in [-0.39, 0.29) is 18.1 Å². The van der Waals surface area contributed by atoms with Crippen LogP contribution in [0.25, 0.3) is 0 Å². The minimum atomic E-state index is -4.72. The van der Waals surface area contributed by atoms with Crippen LogP contribution in [0, 0.1) is 17.1 Å². The molecule has 0 heterocycles. The van der Waals surface area contributed by atoms with E-state index in [2.05, 4.69) is 0 Å². The highest BCUT2D eigenvalue weighted by molar-refractivity contribution is 5.45. The molecule has 2 aromatic rings. The fraction of sp³-hybridized carbons (Fsp3) is 0.133. The average molecular weight is 311 g/mol. The van der Waals surface area contributed by atoms with Crippen LogP contribution in [0.4, 0.5) is 17.6 Å². The fourth-order valence-corrected chi connectivity index (χ4v) is 1.77. The zero-order chi connectivity index (χ0) is 16.3. The molecule has 0 aliphatic heterocycles. The summed E-state index contributed by atoms with van der Waals surface area (Å²) in [5, 5.41) is 17.6. The van der Waals surface area contributed by atoms with Crippen molar-refractivity contribution < 1.29 is 27.4 Å². The molecule has 3 nitrogen and oxygen atoms in total. The van der Waals surface area contributed by atoms with Crippen molar-refractivity contribution in [3.8, 4) is 17.6 Å². The van der Waals surface area contributed by atoms with Crippen LogP contribution in [0.2, 0.25) is 0 Å². The van der Waals surface area contributed by atoms with Gasteiger partial charge in [-0.25, -0.2) is 4.39 Å². The molecule has 0 saturated heterocycles. The Morgan fingerprint density at radius 1 is 1.14 bits per heavy atom. The molecule has 0 bridgehead atoms. The topological polar surface area (TPSA) is 53.2 Å². The Kier molecular flexibility index (Phi) is 4.33. The first-order valence-corrected chi connectivity index (χ1v) is 6.03. The third-order valence-electron chi connectivity index (χ3n) is 2.82. The minimum absolute atomic E-state index is 0.248. The molecule has 0 aromatic heterocycles. The lowest BCUT2D eigenvalue weighted by molar-refractivity contribution is -0.137. The summed E-state index contributed by atoms with van der Waals surface area (Å²) in [4.78, 5) is 0. The van der Waals surface area contributed by atoms with E-state index in [1.807, 2.05) is 0 Å². The molecule has 0 spiro atoms. The van der Waals surface area contributed by atoms with Gasteiger partial charge in [0.15, 0.2) is 11.6 Å². The van der Waals surface area contributed by atoms with Gasteiger partial charge in [-0.2, -0.15) is 18.4 Å². The minimum Gasteiger partial charge on any atom is -0.454 e. The monoisotopic (exact) mass is 311 g/mol. The highest BCUT2D eigenvalue weighted by Gasteiger charge is 2.34. The lowest BCUT2D eigenvalue weighted by Crippen LogP contribution is -2.08. The van der Waals surface area contributed by atoms with Gasteiger partial charge in [-0.1, -0.05) is 6.07 Å². The molecule has 7 heteroatoms. The van der Waals surface area contributed by atoms with Gasteiger partial charge in [0.25, 0.3) is 0 Å². The van der Waals surface area contributed by atoms with Gasteiger partial charge in [0.05, 0.1) is 23.8 Å². The zero-order valence-corrected chi connectivity index (χ0v) is 11.0. The van der Waals surface area contributed by atoms with Crippen molar-refractivity contribution in [1.82, 2.24) is 0 Å². The Morgan fingerprint density at radius 2 is 1.86 bits per heavy atom. The van der Waals surface area contributed by atoms with Crippen molar-refractivity contribution in [3.63, 3.8) is 0 Å². The number of ether oxygens (including phenoxy) is 1. The lowest BCUT2D eigenvalue weighted by atomic mass is 10.1. The van der Waals surface area contributed by atoms with Crippen LogP contribution in [-0.2, 0) is 12.8 Å². The number of benzene rings is 2. The zero-order valence-electron chi connectivity index (χ0n) is 11.0. The summed E-state index contributed by atoms with van der Waals surface area (Å²) in [5.74, 6) is -1.35. The average Bonchev–Trinajstić information content (AvgIpc) is 2.48. The standard InChI is InChI=1S/C15H9F4NO2/c16-13-5-9(8-21)1-4-14(13)22-11-3-2-10(7-20)12(6-11)15(17,18)19/h1-6,21H,8H2. The van der Waals surface area contributed by atoms with Crippen LogP contribution in [0.15, 0.2) is 36.4 Å². The van der Waals surface area contributed by atoms with Gasteiger partial charge in [0.1, 0.15) is 5.75 Å². The molecule has 0 saturated carbocycles. The molecular formula is C15H9F4NO2. The number of nitriles is 1. The molecule has 0 radical (unpaired) electrons. The second-order valence-corrected chi connectivity index (χ2v) is 4.34. The van der Waals surface area contributed by atoms with E-state index < -0.39 is 23.1 Å². The number of aliphatic hydroxyl groups is 1. The van der Waals surface area contributed by atoms with Crippen molar-refractivity contribution in [3.05, 3.63) is 58.9 Å². The van der Waals surface area contributed by atoms with Gasteiger partial charge in [-0.05, 0) is 35.9 Å². The maximum atomic E-state index is 13.7. The molecule has 22 heavy (non-hydrogen) atoms. The van der Waals surface area contributed by atoms with E-state index in [0.29, 0.717) is 11.6 Å². The maximum absolute atomic E-state index is 13.7. The van der Waals surface area contributed by atoms with Gasteiger partial charge in [-0.3, -0.25) is 0 Å². The predicted octanol–water partition coefficient (Wildman–Crippen LogP) is 4.00. The summed E-state index contributed by atoms with van der Waals surface area (Å²) in [6.45, 7) is -0.369. The van der Waals surface area contributed by atoms with Crippen LogP contribution in [0.3, 0.4) is 0 Å². The van der Waals surface area contributed by atoms with Crippen LogP contribution < -0.4 is 4.74 Å². The molecule has 0 fully saturated rings. The van der Waals surface area contributed by atoms with E-state index in [9.17, 15) is 17.6 Å². The van der Waals surface area contributed by atoms with Crippen LogP contribution in [-0.4, -0.2) is 5.11 Å². The third kappa shape index (κ3) is 3.35. The van der Waals surface area contributed by atoms with Crippen molar-refractivity contribution in [1.29, 1.82) is 5.26 Å². The summed E-state index contributed by atoms with van der Waals surface area (Å²) < 4.78 is 57.2. The summed E-state index contributed by atoms with van der Waals surface area (Å²) in [6.07, 6.45) is -4.72. The summed E-state index contributed by atoms with van der Waals surface area (Å²) in [6, 6.07) is 7.78. The molecule has 0 amide bonds. The fourth-order valence-electron chi connectivity index (χ4n) is 1.77. The van der Waals surface area contributed by atoms with Crippen LogP contribution in [0.1, 0.15) is 16.7 Å². The van der Waals surface area contributed by atoms with E-state index in [0.717, 1.165) is 18.2 Å². The second-order valence-electron chi connectivity index (χ2n) is 4.34. The molecule has 0 aliphatic rings. The number of halogens is 4. The van der Waals surface area contributed by atoms with Crippen molar-refractivity contribution >= 4 is 0 Å². The Morgan fingerprint density at radius 3 is 2.41 bits per heavy atom. The quantitative estimate of drug-likeness (QED) is 0.872. The smallest absolute Gasteiger partial charge is 0.417 e. The highest BCUT2D eigenvalue weighted by atomic mass is 19.4. The summed E-state index contributed by atoms with van der Waals surface area (Å²) >= 11 is 0. The molecule has 0 unspecified atom stereocenters. The largest absolute Gasteiger partial charge is 0.454 e. The first-order chi connectivity index (χ1) is 10.3. The van der Waals surface area contributed by atoms with Gasteiger partial charge in [-0.15, -0.1) is 0 Å². The number of hydrogen-bond donors (Lipinski definition) is 1. The van der Waals surface area contributed by atoms with Crippen LogP contribution >= 0.6 is 0 Å². The van der Waals surface area contributed by atoms with Gasteiger partial charge < -0.3 is 9.84 Å². The lowest BCUT2D eigenvalue weighted by Gasteiger charge is -2.12. The normalized spacial score (nSPS) is 11.1. The molecule has 1 N–H and O–H groups in total. The predicted molar refractivity (Wildman–Crippen MR) is 68.6 cm³/mol. The highest BCUT2D eigenvalue weighted by Crippen LogP contribution is 2.35. The van der Waals surface area contributed by atoms with E-state index in [1.165, 1.54) is 18.2 Å². The Bertz CT molecular complexity index is 735. The number of nitrogens with zero attached hydrogens (tertiary/aromatic N) is 1. The molecule has 114 valence electrons. The van der Waals surface area contributed by atoms with Crippen molar-refractivity contribution in [2.45, 2.75) is 12.8 Å². The molecular weight excluding hydrogens is 302 g/mol. The molecule has 0 atom stereocenters. The number of aliphatic hydroxyl groups excluding tert-OH is 1. The molecule has 0 aliphatic carbocycles. The third-order valence-corrected chi connectivity index (χ3v) is 2.82. The molecule has 2 rings (SSSR count). The second kappa shape index (κ2) is 6.03. The van der Waals surface area contributed by atoms with E-state index >= 15 is 0 Å². The Labute approximate surface area is 123 Å². The van der Waals surface area contributed by atoms with E-state index in [1.54, 1.807) is 0 Å². The number of rotatable bonds is 3. The number of hydrogen-bond acceptors (Lipinski definition) is 3. The van der Waals surface area contributed by atoms with Crippen molar-refractivity contribution in [2.75, 3.05) is 0 Å². The molecule has 2 aromatic carbocycles. The summed E-state index contributed by atoms with van der Waals surface area (Å²) in [5.41, 5.74) is -1.39. The number of alkyl halides is 3. The van der Waals surface area contributed by atoms with Crippen LogP contribution in [0.5, 0.6) is 11.5 Å². The maximum Gasteiger partial charge on any atom is 0.417 e. The Hall–Kier alpha value is -2.59.